The standard InChI is InChI=1S/C8H14O2/c1-6-7(2)8(6,3)10-5-4-9-7/h6H,4-5H2,1-3H3. The van der Waals surface area contributed by atoms with Gasteiger partial charge in [-0.05, 0) is 13.8 Å². The van der Waals surface area contributed by atoms with Gasteiger partial charge >= 0.3 is 0 Å². The van der Waals surface area contributed by atoms with E-state index in [1.807, 2.05) is 0 Å². The molecule has 0 aromatic carbocycles. The molecule has 2 nitrogen and oxygen atoms in total. The van der Waals surface area contributed by atoms with Crippen molar-refractivity contribution >= 4 is 0 Å². The molecule has 58 valence electrons. The van der Waals surface area contributed by atoms with Crippen molar-refractivity contribution in [3.05, 3.63) is 0 Å². The van der Waals surface area contributed by atoms with Gasteiger partial charge in [-0.2, -0.15) is 0 Å². The quantitative estimate of drug-likeness (QED) is 0.506. The van der Waals surface area contributed by atoms with E-state index in [2.05, 4.69) is 20.8 Å². The van der Waals surface area contributed by atoms with Gasteiger partial charge in [0.15, 0.2) is 0 Å². The van der Waals surface area contributed by atoms with Gasteiger partial charge in [-0.3, -0.25) is 0 Å². The Kier molecular flexibility index (Phi) is 1.03. The molecule has 1 saturated heterocycles. The molecule has 1 heterocycles. The van der Waals surface area contributed by atoms with E-state index in [1.54, 1.807) is 0 Å². The zero-order valence-electron chi connectivity index (χ0n) is 6.81. The summed E-state index contributed by atoms with van der Waals surface area (Å²) in [5, 5.41) is 0. The Morgan fingerprint density at radius 2 is 1.50 bits per heavy atom. The summed E-state index contributed by atoms with van der Waals surface area (Å²) >= 11 is 0. The fraction of sp³-hybridized carbons (Fsp3) is 1.00. The molecule has 2 heteroatoms. The van der Waals surface area contributed by atoms with Crippen molar-refractivity contribution in [1.82, 2.24) is 0 Å². The summed E-state index contributed by atoms with van der Waals surface area (Å²) in [6.07, 6.45) is 0. The van der Waals surface area contributed by atoms with E-state index in [1.165, 1.54) is 0 Å². The summed E-state index contributed by atoms with van der Waals surface area (Å²) in [5.74, 6) is 0.558. The smallest absolute Gasteiger partial charge is 0.0998 e. The molecule has 0 amide bonds. The van der Waals surface area contributed by atoms with Gasteiger partial charge in [-0.25, -0.2) is 0 Å². The van der Waals surface area contributed by atoms with Crippen LogP contribution in [0.15, 0.2) is 0 Å². The monoisotopic (exact) mass is 142 g/mol. The SMILES string of the molecule is CC1C2(C)OCCOC12C. The van der Waals surface area contributed by atoms with Crippen LogP contribution in [-0.2, 0) is 9.47 Å². The van der Waals surface area contributed by atoms with Crippen molar-refractivity contribution in [2.45, 2.75) is 32.0 Å². The fourth-order valence-electron chi connectivity index (χ4n) is 2.02. The molecule has 0 spiro atoms. The Labute approximate surface area is 61.5 Å². The van der Waals surface area contributed by atoms with Crippen molar-refractivity contribution in [3.63, 3.8) is 0 Å². The van der Waals surface area contributed by atoms with Crippen molar-refractivity contribution in [2.24, 2.45) is 5.92 Å². The lowest BCUT2D eigenvalue weighted by Gasteiger charge is -2.25. The number of fused-ring (bicyclic) bond motifs is 1. The Hall–Kier alpha value is -0.0800. The second-order valence-corrected chi connectivity index (χ2v) is 3.63. The highest BCUT2D eigenvalue weighted by atomic mass is 16.6. The normalized spacial score (nSPS) is 59.7. The maximum atomic E-state index is 5.63. The van der Waals surface area contributed by atoms with Crippen LogP contribution in [0.1, 0.15) is 20.8 Å². The Morgan fingerprint density at radius 3 is 1.80 bits per heavy atom. The Bertz CT molecular complexity index is 151. The molecular formula is C8H14O2. The molecule has 10 heavy (non-hydrogen) atoms. The predicted molar refractivity (Wildman–Crippen MR) is 37.9 cm³/mol. The molecule has 1 aliphatic heterocycles. The highest BCUT2D eigenvalue weighted by molar-refractivity contribution is 5.22. The molecule has 0 bridgehead atoms. The molecular weight excluding hydrogens is 128 g/mol. The lowest BCUT2D eigenvalue weighted by Crippen LogP contribution is -2.33. The summed E-state index contributed by atoms with van der Waals surface area (Å²) < 4.78 is 11.3. The summed E-state index contributed by atoms with van der Waals surface area (Å²) in [7, 11) is 0. The summed E-state index contributed by atoms with van der Waals surface area (Å²) in [4.78, 5) is 0. The summed E-state index contributed by atoms with van der Waals surface area (Å²) in [5.41, 5.74) is 0.0382. The maximum Gasteiger partial charge on any atom is 0.0998 e. The summed E-state index contributed by atoms with van der Waals surface area (Å²) in [6, 6.07) is 0. The maximum absolute atomic E-state index is 5.63. The number of hydrogen-bond acceptors (Lipinski definition) is 2. The molecule has 0 aromatic rings. The van der Waals surface area contributed by atoms with Gasteiger partial charge < -0.3 is 9.47 Å². The third-order valence-electron chi connectivity index (χ3n) is 3.44. The van der Waals surface area contributed by atoms with Crippen LogP contribution < -0.4 is 0 Å². The van der Waals surface area contributed by atoms with Gasteiger partial charge in [-0.1, -0.05) is 6.92 Å². The van der Waals surface area contributed by atoms with Crippen LogP contribution in [-0.4, -0.2) is 24.4 Å². The van der Waals surface area contributed by atoms with Crippen LogP contribution in [0.2, 0.25) is 0 Å². The van der Waals surface area contributed by atoms with Gasteiger partial charge in [0.2, 0.25) is 0 Å². The molecule has 0 N–H and O–H groups in total. The third-order valence-corrected chi connectivity index (χ3v) is 3.44. The van der Waals surface area contributed by atoms with Gasteiger partial charge in [-0.15, -0.1) is 0 Å². The molecule has 0 radical (unpaired) electrons. The number of rotatable bonds is 0. The topological polar surface area (TPSA) is 18.5 Å². The van der Waals surface area contributed by atoms with Crippen LogP contribution in [0.4, 0.5) is 0 Å². The number of hydrogen-bond donors (Lipinski definition) is 0. The first-order chi connectivity index (χ1) is 4.61. The first-order valence-electron chi connectivity index (χ1n) is 3.89. The van der Waals surface area contributed by atoms with Crippen LogP contribution in [0.25, 0.3) is 0 Å². The second kappa shape index (κ2) is 1.56. The van der Waals surface area contributed by atoms with Crippen molar-refractivity contribution in [1.29, 1.82) is 0 Å². The van der Waals surface area contributed by atoms with Gasteiger partial charge in [0.25, 0.3) is 0 Å². The highest BCUT2D eigenvalue weighted by Gasteiger charge is 2.72. The molecule has 2 unspecified atom stereocenters. The van der Waals surface area contributed by atoms with Crippen molar-refractivity contribution < 1.29 is 9.47 Å². The second-order valence-electron chi connectivity index (χ2n) is 3.63. The minimum Gasteiger partial charge on any atom is -0.369 e. The van der Waals surface area contributed by atoms with Crippen LogP contribution in [0, 0.1) is 5.92 Å². The van der Waals surface area contributed by atoms with Crippen molar-refractivity contribution in [3.8, 4) is 0 Å². The molecule has 1 aliphatic carbocycles. The van der Waals surface area contributed by atoms with E-state index in [9.17, 15) is 0 Å². The Balaban J connectivity index is 2.22. The largest absolute Gasteiger partial charge is 0.369 e. The van der Waals surface area contributed by atoms with Gasteiger partial charge in [0, 0.05) is 5.92 Å². The average Bonchev–Trinajstić information content (AvgIpc) is 2.35. The minimum atomic E-state index is 0.0191. The molecule has 1 saturated carbocycles. The van der Waals surface area contributed by atoms with Gasteiger partial charge in [0.1, 0.15) is 0 Å². The first-order valence-corrected chi connectivity index (χ1v) is 3.89. The lowest BCUT2D eigenvalue weighted by molar-refractivity contribution is -0.124. The van der Waals surface area contributed by atoms with E-state index >= 15 is 0 Å². The number of ether oxygens (including phenoxy) is 2. The molecule has 2 aliphatic rings. The lowest BCUT2D eigenvalue weighted by atomic mass is 10.2. The predicted octanol–water partition coefficient (Wildman–Crippen LogP) is 1.20. The van der Waals surface area contributed by atoms with Crippen molar-refractivity contribution in [2.75, 3.05) is 13.2 Å². The van der Waals surface area contributed by atoms with Crippen LogP contribution in [0.3, 0.4) is 0 Å². The fourth-order valence-corrected chi connectivity index (χ4v) is 2.02. The first kappa shape index (κ1) is 6.62. The van der Waals surface area contributed by atoms with E-state index < -0.39 is 0 Å². The van der Waals surface area contributed by atoms with Crippen LogP contribution in [0.5, 0.6) is 0 Å². The average molecular weight is 142 g/mol. The van der Waals surface area contributed by atoms with Crippen LogP contribution >= 0.6 is 0 Å². The molecule has 2 atom stereocenters. The van der Waals surface area contributed by atoms with E-state index in [4.69, 9.17) is 9.47 Å². The third kappa shape index (κ3) is 0.487. The Morgan fingerprint density at radius 1 is 1.10 bits per heavy atom. The minimum absolute atomic E-state index is 0.0191. The molecule has 0 aromatic heterocycles. The zero-order chi connectivity index (χ0) is 7.41. The van der Waals surface area contributed by atoms with Gasteiger partial charge in [0.05, 0.1) is 24.4 Å². The van der Waals surface area contributed by atoms with E-state index in [-0.39, 0.29) is 11.2 Å². The highest BCUT2D eigenvalue weighted by Crippen LogP contribution is 2.60. The van der Waals surface area contributed by atoms with E-state index in [0.717, 1.165) is 13.2 Å². The summed E-state index contributed by atoms with van der Waals surface area (Å²) in [6.45, 7) is 7.98. The molecule has 2 rings (SSSR count). The molecule has 2 fully saturated rings. The zero-order valence-corrected chi connectivity index (χ0v) is 6.81. The van der Waals surface area contributed by atoms with E-state index in [0.29, 0.717) is 5.92 Å².